The molecule has 2 N–H and O–H groups in total. The van der Waals surface area contributed by atoms with Crippen LogP contribution in [0.25, 0.3) is 0 Å². The fourth-order valence-corrected chi connectivity index (χ4v) is 0.631. The van der Waals surface area contributed by atoms with E-state index in [0.717, 1.165) is 25.5 Å². The van der Waals surface area contributed by atoms with Crippen LogP contribution in [0.15, 0.2) is 4.99 Å². The van der Waals surface area contributed by atoms with Crippen molar-refractivity contribution in [1.29, 1.82) is 0 Å². The predicted octanol–water partition coefficient (Wildman–Crippen LogP) is 1.20. The van der Waals surface area contributed by atoms with E-state index < -0.39 is 0 Å². The van der Waals surface area contributed by atoms with Gasteiger partial charge >= 0.3 is 0 Å². The van der Waals surface area contributed by atoms with Crippen LogP contribution in [0.5, 0.6) is 0 Å². The maximum absolute atomic E-state index is 4.01. The molecule has 0 spiro atoms. The molecule has 0 heterocycles. The Bertz CT molecular complexity index is 104. The number of hydrogen-bond acceptors (Lipinski definition) is 1. The van der Waals surface area contributed by atoms with Crippen LogP contribution in [-0.4, -0.2) is 26.1 Å². The van der Waals surface area contributed by atoms with Crippen LogP contribution in [0.3, 0.4) is 0 Å². The van der Waals surface area contributed by atoms with Crippen LogP contribution in [0.2, 0.25) is 0 Å². The maximum Gasteiger partial charge on any atom is 0.190 e. The second-order valence-corrected chi connectivity index (χ2v) is 2.03. The third-order valence-corrected chi connectivity index (χ3v) is 1.11. The smallest absolute Gasteiger partial charge is 0.190 e. The van der Waals surface area contributed by atoms with Crippen molar-refractivity contribution < 1.29 is 0 Å². The molecule has 3 nitrogen and oxygen atoms in total. The molecule has 0 aliphatic heterocycles. The summed E-state index contributed by atoms with van der Waals surface area (Å²) in [6.07, 6.45) is 1.13. The van der Waals surface area contributed by atoms with Crippen molar-refractivity contribution >= 4 is 29.9 Å². The topological polar surface area (TPSA) is 36.4 Å². The van der Waals surface area contributed by atoms with Crippen molar-refractivity contribution in [2.75, 3.05) is 20.1 Å². The van der Waals surface area contributed by atoms with Gasteiger partial charge in [-0.3, -0.25) is 4.99 Å². The van der Waals surface area contributed by atoms with Gasteiger partial charge in [0.15, 0.2) is 5.96 Å². The zero-order valence-corrected chi connectivity index (χ0v) is 9.81. The normalized spacial score (nSPS) is 10.3. The second-order valence-electron chi connectivity index (χ2n) is 2.03. The molecular formula is C7H18IN3. The van der Waals surface area contributed by atoms with Gasteiger partial charge in [0.25, 0.3) is 0 Å². The molecule has 0 aromatic rings. The van der Waals surface area contributed by atoms with Crippen molar-refractivity contribution in [3.63, 3.8) is 0 Å². The summed E-state index contributed by atoms with van der Waals surface area (Å²) >= 11 is 0. The van der Waals surface area contributed by atoms with Crippen LogP contribution < -0.4 is 10.6 Å². The molecule has 0 amide bonds. The number of nitrogens with one attached hydrogen (secondary N) is 2. The predicted molar refractivity (Wildman–Crippen MR) is 60.7 cm³/mol. The Morgan fingerprint density at radius 3 is 2.27 bits per heavy atom. The highest BCUT2D eigenvalue weighted by molar-refractivity contribution is 14.0. The lowest BCUT2D eigenvalue weighted by Gasteiger charge is -2.07. The highest BCUT2D eigenvalue weighted by atomic mass is 127. The molecular weight excluding hydrogens is 253 g/mol. The standard InChI is InChI=1S/C7H17N3.HI/c1-4-6-10-7(8-3)9-5-2;/h4-6H2,1-3H3,(H2,8,9,10);1H. The lowest BCUT2D eigenvalue weighted by Crippen LogP contribution is -2.37. The number of hydrogen-bond donors (Lipinski definition) is 2. The minimum Gasteiger partial charge on any atom is -0.357 e. The summed E-state index contributed by atoms with van der Waals surface area (Å²) in [5.74, 6) is 0.893. The van der Waals surface area contributed by atoms with Gasteiger partial charge in [0.1, 0.15) is 0 Å². The van der Waals surface area contributed by atoms with Crippen molar-refractivity contribution in [2.45, 2.75) is 20.3 Å². The summed E-state index contributed by atoms with van der Waals surface area (Å²) < 4.78 is 0. The molecule has 11 heavy (non-hydrogen) atoms. The molecule has 0 bridgehead atoms. The van der Waals surface area contributed by atoms with Crippen LogP contribution in [0.1, 0.15) is 20.3 Å². The molecule has 0 radical (unpaired) electrons. The Hall–Kier alpha value is 0. The van der Waals surface area contributed by atoms with E-state index in [2.05, 4.69) is 29.5 Å². The quantitative estimate of drug-likeness (QED) is 0.460. The first-order chi connectivity index (χ1) is 4.85. The van der Waals surface area contributed by atoms with Crippen LogP contribution in [0, 0.1) is 0 Å². The van der Waals surface area contributed by atoms with Crippen molar-refractivity contribution in [3.05, 3.63) is 0 Å². The summed E-state index contributed by atoms with van der Waals surface area (Å²) in [7, 11) is 1.78. The Labute approximate surface area is 86.1 Å². The molecule has 0 atom stereocenters. The molecule has 0 aromatic carbocycles. The highest BCUT2D eigenvalue weighted by Gasteiger charge is 1.89. The maximum atomic E-state index is 4.01. The van der Waals surface area contributed by atoms with E-state index in [0.29, 0.717) is 0 Å². The van der Waals surface area contributed by atoms with Gasteiger partial charge in [0.05, 0.1) is 0 Å². The summed E-state index contributed by atoms with van der Waals surface area (Å²) in [6, 6.07) is 0. The molecule has 0 saturated heterocycles. The van der Waals surface area contributed by atoms with E-state index in [1.165, 1.54) is 0 Å². The second kappa shape index (κ2) is 10.0. The third kappa shape index (κ3) is 7.90. The van der Waals surface area contributed by atoms with Gasteiger partial charge in [-0.25, -0.2) is 0 Å². The number of guanidine groups is 1. The average Bonchev–Trinajstić information content (AvgIpc) is 1.98. The first-order valence-corrected chi connectivity index (χ1v) is 3.79. The molecule has 0 fully saturated rings. The summed E-state index contributed by atoms with van der Waals surface area (Å²) in [6.45, 7) is 6.09. The Balaban J connectivity index is 0. The van der Waals surface area contributed by atoms with Gasteiger partial charge in [-0.05, 0) is 13.3 Å². The molecule has 0 aliphatic rings. The Kier molecular flexibility index (Phi) is 12.3. The van der Waals surface area contributed by atoms with E-state index in [4.69, 9.17) is 0 Å². The fraction of sp³-hybridized carbons (Fsp3) is 0.857. The van der Waals surface area contributed by atoms with Crippen molar-refractivity contribution in [2.24, 2.45) is 4.99 Å². The lowest BCUT2D eigenvalue weighted by atomic mass is 10.5. The van der Waals surface area contributed by atoms with Gasteiger partial charge < -0.3 is 10.6 Å². The average molecular weight is 271 g/mol. The molecule has 0 saturated carbocycles. The van der Waals surface area contributed by atoms with Crippen LogP contribution >= 0.6 is 24.0 Å². The van der Waals surface area contributed by atoms with Gasteiger partial charge in [-0.1, -0.05) is 6.92 Å². The first kappa shape index (κ1) is 13.6. The van der Waals surface area contributed by atoms with Crippen molar-refractivity contribution in [1.82, 2.24) is 10.6 Å². The number of aliphatic imine (C=N–C) groups is 1. The van der Waals surface area contributed by atoms with Crippen LogP contribution in [0.4, 0.5) is 0 Å². The fourth-order valence-electron chi connectivity index (χ4n) is 0.631. The molecule has 0 unspecified atom stereocenters. The monoisotopic (exact) mass is 271 g/mol. The van der Waals surface area contributed by atoms with Gasteiger partial charge in [-0.15, -0.1) is 24.0 Å². The van der Waals surface area contributed by atoms with E-state index in [9.17, 15) is 0 Å². The Morgan fingerprint density at radius 2 is 1.91 bits per heavy atom. The molecule has 68 valence electrons. The van der Waals surface area contributed by atoms with E-state index in [-0.39, 0.29) is 24.0 Å². The number of nitrogens with zero attached hydrogens (tertiary/aromatic N) is 1. The molecule has 0 aromatic heterocycles. The largest absolute Gasteiger partial charge is 0.357 e. The third-order valence-electron chi connectivity index (χ3n) is 1.11. The van der Waals surface area contributed by atoms with E-state index in [1.807, 2.05) is 0 Å². The van der Waals surface area contributed by atoms with E-state index >= 15 is 0 Å². The highest BCUT2D eigenvalue weighted by Crippen LogP contribution is 1.71. The van der Waals surface area contributed by atoms with Crippen LogP contribution in [-0.2, 0) is 0 Å². The number of rotatable bonds is 3. The van der Waals surface area contributed by atoms with Gasteiger partial charge in [-0.2, -0.15) is 0 Å². The zero-order chi connectivity index (χ0) is 7.82. The van der Waals surface area contributed by atoms with Crippen molar-refractivity contribution in [3.8, 4) is 0 Å². The molecule has 0 rings (SSSR count). The minimum atomic E-state index is 0. The van der Waals surface area contributed by atoms with Gasteiger partial charge in [0.2, 0.25) is 0 Å². The van der Waals surface area contributed by atoms with Gasteiger partial charge in [0, 0.05) is 20.1 Å². The summed E-state index contributed by atoms with van der Waals surface area (Å²) in [5.41, 5.74) is 0. The molecule has 4 heteroatoms. The zero-order valence-electron chi connectivity index (χ0n) is 7.48. The summed E-state index contributed by atoms with van der Waals surface area (Å²) in [5, 5.41) is 6.26. The number of halogens is 1. The molecule has 0 aliphatic carbocycles. The first-order valence-electron chi connectivity index (χ1n) is 3.79. The SMILES string of the molecule is CCCNC(=NC)NCC.I. The van der Waals surface area contributed by atoms with E-state index in [1.54, 1.807) is 7.05 Å². The minimum absolute atomic E-state index is 0. The summed E-state index contributed by atoms with van der Waals surface area (Å²) in [4.78, 5) is 4.01. The lowest BCUT2D eigenvalue weighted by molar-refractivity contribution is 0.794. The Morgan fingerprint density at radius 1 is 1.27 bits per heavy atom.